The van der Waals surface area contributed by atoms with Gasteiger partial charge in [0.2, 0.25) is 0 Å². The van der Waals surface area contributed by atoms with Gasteiger partial charge in [-0.1, -0.05) is 226 Å². The molecule has 12 rings (SSSR count). The van der Waals surface area contributed by atoms with Crippen molar-refractivity contribution in [3.05, 3.63) is 248 Å². The van der Waals surface area contributed by atoms with Gasteiger partial charge >= 0.3 is 0 Å². The molecule has 0 spiro atoms. The first-order valence-corrected chi connectivity index (χ1v) is 22.4. The van der Waals surface area contributed by atoms with Crippen LogP contribution in [0.5, 0.6) is 0 Å². The van der Waals surface area contributed by atoms with E-state index in [9.17, 15) is 0 Å². The number of benzene rings is 10. The zero-order valence-corrected chi connectivity index (χ0v) is 36.0. The van der Waals surface area contributed by atoms with Gasteiger partial charge in [-0.3, -0.25) is 0 Å². The Balaban J connectivity index is 1.23. The summed E-state index contributed by atoms with van der Waals surface area (Å²) >= 11 is 0. The molecule has 0 fully saturated rings. The van der Waals surface area contributed by atoms with Crippen LogP contribution in [0.4, 0.5) is 0 Å². The third-order valence-corrected chi connectivity index (χ3v) is 13.6. The SMILES string of the molecule is CC1(C)c2ccccc2-c2cc(-c3cccc(-c4cccc5c6c(-c7ccccc7)c(-c7ccccc7)c(-c7ccccc7)c(-c7ccccc7)c6n(-c6ccccc6)c45)c3)ccc21. The fourth-order valence-corrected chi connectivity index (χ4v) is 10.7. The van der Waals surface area contributed by atoms with E-state index >= 15 is 0 Å². The molecule has 1 heteroatoms. The summed E-state index contributed by atoms with van der Waals surface area (Å²) in [7, 11) is 0. The van der Waals surface area contributed by atoms with E-state index < -0.39 is 0 Å². The fraction of sp³-hybridized carbons (Fsp3) is 0.0476. The number of fused-ring (bicyclic) bond motifs is 6. The van der Waals surface area contributed by atoms with Crippen LogP contribution in [0.2, 0.25) is 0 Å². The summed E-state index contributed by atoms with van der Waals surface area (Å²) in [6.07, 6.45) is 0. The van der Waals surface area contributed by atoms with Gasteiger partial charge < -0.3 is 4.57 Å². The summed E-state index contributed by atoms with van der Waals surface area (Å²) in [5, 5.41) is 2.45. The van der Waals surface area contributed by atoms with Gasteiger partial charge in [0.25, 0.3) is 0 Å². The minimum Gasteiger partial charge on any atom is -0.308 e. The van der Waals surface area contributed by atoms with Crippen molar-refractivity contribution in [3.63, 3.8) is 0 Å². The lowest BCUT2D eigenvalue weighted by atomic mass is 9.80. The second-order valence-corrected chi connectivity index (χ2v) is 17.6. The van der Waals surface area contributed by atoms with Gasteiger partial charge in [0, 0.05) is 44.1 Å². The molecular weight excluding hydrogens is 771 g/mol. The Kier molecular flexibility index (Phi) is 8.91. The third-order valence-electron chi connectivity index (χ3n) is 13.6. The second-order valence-electron chi connectivity index (χ2n) is 17.6. The maximum absolute atomic E-state index is 2.57. The van der Waals surface area contributed by atoms with Crippen molar-refractivity contribution in [2.45, 2.75) is 19.3 Å². The molecule has 0 amide bonds. The van der Waals surface area contributed by atoms with Crippen LogP contribution in [0.25, 0.3) is 105 Å². The molecule has 0 atom stereocenters. The highest BCUT2D eigenvalue weighted by Gasteiger charge is 2.35. The zero-order valence-electron chi connectivity index (χ0n) is 36.0. The summed E-state index contributed by atoms with van der Waals surface area (Å²) in [5.41, 5.74) is 23.3. The molecule has 0 N–H and O–H groups in total. The first-order valence-electron chi connectivity index (χ1n) is 22.4. The minimum absolute atomic E-state index is 0.0369. The molecule has 0 bridgehead atoms. The lowest BCUT2D eigenvalue weighted by molar-refractivity contribution is 0.660. The van der Waals surface area contributed by atoms with E-state index in [4.69, 9.17) is 0 Å². The maximum atomic E-state index is 2.57. The van der Waals surface area contributed by atoms with E-state index in [1.807, 2.05) is 0 Å². The highest BCUT2D eigenvalue weighted by atomic mass is 15.0. The molecule has 1 aliphatic rings. The first-order chi connectivity index (χ1) is 31.6. The molecule has 1 heterocycles. The molecule has 10 aromatic carbocycles. The highest BCUT2D eigenvalue weighted by Crippen LogP contribution is 2.55. The van der Waals surface area contributed by atoms with Crippen LogP contribution in [-0.4, -0.2) is 4.57 Å². The summed E-state index contributed by atoms with van der Waals surface area (Å²) in [4.78, 5) is 0. The number of hydrogen-bond donors (Lipinski definition) is 0. The van der Waals surface area contributed by atoms with Gasteiger partial charge in [-0.05, 0) is 91.0 Å². The second kappa shape index (κ2) is 15.1. The summed E-state index contributed by atoms with van der Waals surface area (Å²) in [6.45, 7) is 4.70. The van der Waals surface area contributed by atoms with Crippen LogP contribution in [0, 0.1) is 0 Å². The largest absolute Gasteiger partial charge is 0.308 e. The molecule has 1 aliphatic carbocycles. The van der Waals surface area contributed by atoms with E-state index in [0.29, 0.717) is 0 Å². The minimum atomic E-state index is -0.0369. The Morgan fingerprint density at radius 2 is 0.750 bits per heavy atom. The average molecular weight is 816 g/mol. The lowest BCUT2D eigenvalue weighted by Crippen LogP contribution is -2.14. The monoisotopic (exact) mass is 815 g/mol. The number of nitrogens with zero attached hydrogens (tertiary/aromatic N) is 1. The highest BCUT2D eigenvalue weighted by molar-refractivity contribution is 6.28. The summed E-state index contributed by atoms with van der Waals surface area (Å²) in [6, 6.07) is 87.2. The van der Waals surface area contributed by atoms with Crippen molar-refractivity contribution in [1.29, 1.82) is 0 Å². The van der Waals surface area contributed by atoms with Gasteiger partial charge in [-0.2, -0.15) is 0 Å². The van der Waals surface area contributed by atoms with Crippen LogP contribution >= 0.6 is 0 Å². The zero-order chi connectivity index (χ0) is 42.8. The first kappa shape index (κ1) is 37.7. The Hall–Kier alpha value is -8.00. The number of aromatic nitrogens is 1. The van der Waals surface area contributed by atoms with Crippen LogP contribution in [0.3, 0.4) is 0 Å². The van der Waals surface area contributed by atoms with E-state index in [1.54, 1.807) is 0 Å². The van der Waals surface area contributed by atoms with Gasteiger partial charge in [-0.15, -0.1) is 0 Å². The Morgan fingerprint density at radius 1 is 0.297 bits per heavy atom. The predicted molar refractivity (Wildman–Crippen MR) is 271 cm³/mol. The van der Waals surface area contributed by atoms with E-state index in [0.717, 1.165) is 5.69 Å². The van der Waals surface area contributed by atoms with Gasteiger partial charge in [0.05, 0.1) is 11.0 Å². The van der Waals surface area contributed by atoms with Crippen molar-refractivity contribution in [3.8, 4) is 83.6 Å². The summed E-state index contributed by atoms with van der Waals surface area (Å²) < 4.78 is 2.57. The molecule has 0 saturated heterocycles. The topological polar surface area (TPSA) is 4.93 Å². The molecule has 302 valence electrons. The molecule has 0 aliphatic heterocycles. The lowest BCUT2D eigenvalue weighted by Gasteiger charge is -2.24. The molecule has 0 unspecified atom stereocenters. The van der Waals surface area contributed by atoms with Crippen LogP contribution in [0.15, 0.2) is 237 Å². The van der Waals surface area contributed by atoms with Crippen LogP contribution in [-0.2, 0) is 5.41 Å². The molecular formula is C63H45N. The number of rotatable bonds is 7. The van der Waals surface area contributed by atoms with Crippen molar-refractivity contribution in [1.82, 2.24) is 4.57 Å². The van der Waals surface area contributed by atoms with Gasteiger partial charge in [-0.25, -0.2) is 0 Å². The Labute approximate surface area is 375 Å². The molecule has 0 saturated carbocycles. The number of para-hydroxylation sites is 2. The average Bonchev–Trinajstić information content (AvgIpc) is 3.83. The fourth-order valence-electron chi connectivity index (χ4n) is 10.7. The molecule has 11 aromatic rings. The predicted octanol–water partition coefficient (Wildman–Crippen LogP) is 17.1. The number of hydrogen-bond acceptors (Lipinski definition) is 0. The standard InChI is InChI=1S/C63H45N/c1-63(2)54-37-19-18-34-51(54)53-41-47(38-39-55(53)63)46-30-20-31-48(40-46)50-35-21-36-52-60-58(44-26-12-5-13-27-44)56(42-22-8-3-9-23-42)57(43-24-10-4-11-25-43)59(45-28-14-6-15-29-45)62(60)64(61(50)52)49-32-16-7-17-33-49/h3-41H,1-2H3. The third kappa shape index (κ3) is 5.93. The van der Waals surface area contributed by atoms with Crippen molar-refractivity contribution < 1.29 is 0 Å². The molecule has 1 aromatic heterocycles. The van der Waals surface area contributed by atoms with E-state index in [-0.39, 0.29) is 5.41 Å². The summed E-state index contributed by atoms with van der Waals surface area (Å²) in [5.74, 6) is 0. The molecule has 1 nitrogen and oxygen atoms in total. The van der Waals surface area contributed by atoms with E-state index in [1.165, 1.54) is 111 Å². The normalized spacial score (nSPS) is 12.7. The van der Waals surface area contributed by atoms with Crippen LogP contribution in [0.1, 0.15) is 25.0 Å². The van der Waals surface area contributed by atoms with Gasteiger partial charge in [0.15, 0.2) is 0 Å². The van der Waals surface area contributed by atoms with Crippen LogP contribution < -0.4 is 0 Å². The smallest absolute Gasteiger partial charge is 0.0632 e. The maximum Gasteiger partial charge on any atom is 0.0632 e. The van der Waals surface area contributed by atoms with Crippen molar-refractivity contribution >= 4 is 21.8 Å². The Bertz CT molecular complexity index is 3530. The van der Waals surface area contributed by atoms with E-state index in [2.05, 4.69) is 255 Å². The molecule has 64 heavy (non-hydrogen) atoms. The van der Waals surface area contributed by atoms with Crippen molar-refractivity contribution in [2.24, 2.45) is 0 Å². The molecule has 0 radical (unpaired) electrons. The Morgan fingerprint density at radius 3 is 1.39 bits per heavy atom. The van der Waals surface area contributed by atoms with Crippen molar-refractivity contribution in [2.75, 3.05) is 0 Å². The van der Waals surface area contributed by atoms with Gasteiger partial charge in [0.1, 0.15) is 0 Å². The quantitative estimate of drug-likeness (QED) is 0.151.